The van der Waals surface area contributed by atoms with Gasteiger partial charge in [0, 0.05) is 18.0 Å². The Bertz CT molecular complexity index is 324. The Morgan fingerprint density at radius 1 is 1.73 bits per heavy atom. The van der Waals surface area contributed by atoms with Crippen molar-refractivity contribution < 1.29 is 4.79 Å². The van der Waals surface area contributed by atoms with Crippen LogP contribution < -0.4 is 11.1 Å². The number of hydrogen-bond donors (Lipinski definition) is 2. The molecule has 1 heterocycles. The van der Waals surface area contributed by atoms with Gasteiger partial charge in [-0.25, -0.2) is 4.98 Å². The number of carbonyl (C=O) groups excluding carboxylic acids is 1. The van der Waals surface area contributed by atoms with Crippen molar-refractivity contribution >= 4 is 17.2 Å². The van der Waals surface area contributed by atoms with E-state index in [9.17, 15) is 4.79 Å². The van der Waals surface area contributed by atoms with Crippen molar-refractivity contribution in [2.75, 3.05) is 6.54 Å². The Balaban J connectivity index is 2.44. The van der Waals surface area contributed by atoms with E-state index >= 15 is 0 Å². The SMILES string of the molecule is CCc1nc(CC(=O)N[C@@H](C)CN)cs1. The van der Waals surface area contributed by atoms with Crippen molar-refractivity contribution in [1.82, 2.24) is 10.3 Å². The van der Waals surface area contributed by atoms with Gasteiger partial charge in [-0.2, -0.15) is 0 Å². The van der Waals surface area contributed by atoms with Gasteiger partial charge in [0.05, 0.1) is 17.1 Å². The van der Waals surface area contributed by atoms with Crippen LogP contribution in [0.4, 0.5) is 0 Å². The van der Waals surface area contributed by atoms with Gasteiger partial charge in [0.1, 0.15) is 0 Å². The second-order valence-electron chi connectivity index (χ2n) is 3.47. The molecule has 4 nitrogen and oxygen atoms in total. The van der Waals surface area contributed by atoms with E-state index in [4.69, 9.17) is 5.73 Å². The van der Waals surface area contributed by atoms with Crippen molar-refractivity contribution in [3.63, 3.8) is 0 Å². The van der Waals surface area contributed by atoms with Crippen LogP contribution in [-0.4, -0.2) is 23.5 Å². The van der Waals surface area contributed by atoms with Crippen LogP contribution in [0.5, 0.6) is 0 Å². The van der Waals surface area contributed by atoms with Crippen molar-refractivity contribution in [3.05, 3.63) is 16.1 Å². The van der Waals surface area contributed by atoms with Gasteiger partial charge in [0.15, 0.2) is 0 Å². The van der Waals surface area contributed by atoms with Gasteiger partial charge in [-0.1, -0.05) is 6.92 Å². The molecule has 0 aliphatic heterocycles. The molecule has 5 heteroatoms. The van der Waals surface area contributed by atoms with Crippen molar-refractivity contribution in [2.24, 2.45) is 5.73 Å². The topological polar surface area (TPSA) is 68.0 Å². The van der Waals surface area contributed by atoms with E-state index in [1.165, 1.54) is 0 Å². The van der Waals surface area contributed by atoms with E-state index in [1.807, 2.05) is 12.3 Å². The molecule has 0 aliphatic carbocycles. The molecule has 1 rings (SSSR count). The number of nitrogens with one attached hydrogen (secondary N) is 1. The third kappa shape index (κ3) is 3.97. The summed E-state index contributed by atoms with van der Waals surface area (Å²) in [6.45, 7) is 4.40. The van der Waals surface area contributed by atoms with E-state index in [0.717, 1.165) is 17.1 Å². The predicted octanol–water partition coefficient (Wildman–Crippen LogP) is 0.711. The molecule has 0 saturated carbocycles. The fourth-order valence-electron chi connectivity index (χ4n) is 1.14. The highest BCUT2D eigenvalue weighted by Gasteiger charge is 2.08. The molecule has 0 fully saturated rings. The summed E-state index contributed by atoms with van der Waals surface area (Å²) < 4.78 is 0. The largest absolute Gasteiger partial charge is 0.352 e. The molecule has 0 radical (unpaired) electrons. The Kier molecular flexibility index (Phi) is 4.71. The molecule has 0 bridgehead atoms. The summed E-state index contributed by atoms with van der Waals surface area (Å²) >= 11 is 1.60. The lowest BCUT2D eigenvalue weighted by Crippen LogP contribution is -2.38. The summed E-state index contributed by atoms with van der Waals surface area (Å²) in [7, 11) is 0. The summed E-state index contributed by atoms with van der Waals surface area (Å²) in [6, 6.07) is 0.0294. The quantitative estimate of drug-likeness (QED) is 0.778. The van der Waals surface area contributed by atoms with E-state index in [-0.39, 0.29) is 11.9 Å². The summed E-state index contributed by atoms with van der Waals surface area (Å²) in [5, 5.41) is 5.82. The average Bonchev–Trinajstić information content (AvgIpc) is 2.65. The van der Waals surface area contributed by atoms with Gasteiger partial charge in [-0.3, -0.25) is 4.79 Å². The second kappa shape index (κ2) is 5.82. The van der Waals surface area contributed by atoms with Gasteiger partial charge in [-0.15, -0.1) is 11.3 Å². The lowest BCUT2D eigenvalue weighted by Gasteiger charge is -2.09. The number of carbonyl (C=O) groups is 1. The molecule has 1 aromatic heterocycles. The first-order valence-electron chi connectivity index (χ1n) is 5.08. The lowest BCUT2D eigenvalue weighted by atomic mass is 10.3. The zero-order valence-corrected chi connectivity index (χ0v) is 9.93. The van der Waals surface area contributed by atoms with Crippen LogP contribution in [0.15, 0.2) is 5.38 Å². The number of aromatic nitrogens is 1. The molecule has 15 heavy (non-hydrogen) atoms. The van der Waals surface area contributed by atoms with Crippen LogP contribution in [0, 0.1) is 0 Å². The van der Waals surface area contributed by atoms with Gasteiger partial charge < -0.3 is 11.1 Å². The van der Waals surface area contributed by atoms with E-state index in [1.54, 1.807) is 11.3 Å². The van der Waals surface area contributed by atoms with Gasteiger partial charge in [-0.05, 0) is 13.3 Å². The Morgan fingerprint density at radius 2 is 2.47 bits per heavy atom. The summed E-state index contributed by atoms with van der Waals surface area (Å²) in [4.78, 5) is 15.8. The normalized spacial score (nSPS) is 12.5. The molecule has 0 saturated heterocycles. The van der Waals surface area contributed by atoms with E-state index in [2.05, 4.69) is 17.2 Å². The number of nitrogens with two attached hydrogens (primary N) is 1. The number of hydrogen-bond acceptors (Lipinski definition) is 4. The molecule has 0 unspecified atom stereocenters. The molecule has 1 atom stereocenters. The van der Waals surface area contributed by atoms with Gasteiger partial charge >= 0.3 is 0 Å². The minimum atomic E-state index is -0.0131. The standard InChI is InChI=1S/C10H17N3OS/c1-3-10-13-8(6-15-10)4-9(14)12-7(2)5-11/h6-7H,3-5,11H2,1-2H3,(H,12,14)/t7-/m0/s1. The Labute approximate surface area is 93.9 Å². The summed E-state index contributed by atoms with van der Waals surface area (Å²) in [5.74, 6) is -0.0131. The van der Waals surface area contributed by atoms with Crippen molar-refractivity contribution in [3.8, 4) is 0 Å². The summed E-state index contributed by atoms with van der Waals surface area (Å²) in [5.41, 5.74) is 6.26. The number of thiazole rings is 1. The third-order valence-corrected chi connectivity index (χ3v) is 3.05. The van der Waals surface area contributed by atoms with Gasteiger partial charge in [0.25, 0.3) is 0 Å². The molecule has 0 aliphatic rings. The van der Waals surface area contributed by atoms with Gasteiger partial charge in [0.2, 0.25) is 5.91 Å². The van der Waals surface area contributed by atoms with Crippen LogP contribution in [0.1, 0.15) is 24.5 Å². The molecule has 84 valence electrons. The van der Waals surface area contributed by atoms with Crippen LogP contribution >= 0.6 is 11.3 Å². The zero-order chi connectivity index (χ0) is 11.3. The fraction of sp³-hybridized carbons (Fsp3) is 0.600. The molecular formula is C10H17N3OS. The van der Waals surface area contributed by atoms with E-state index < -0.39 is 0 Å². The number of nitrogens with zero attached hydrogens (tertiary/aromatic N) is 1. The van der Waals surface area contributed by atoms with Crippen LogP contribution in [0.2, 0.25) is 0 Å². The third-order valence-electron chi connectivity index (χ3n) is 2.00. The minimum Gasteiger partial charge on any atom is -0.352 e. The maximum absolute atomic E-state index is 11.5. The monoisotopic (exact) mass is 227 g/mol. The smallest absolute Gasteiger partial charge is 0.226 e. The first-order valence-corrected chi connectivity index (χ1v) is 5.96. The molecule has 0 spiro atoms. The Hall–Kier alpha value is -0.940. The maximum atomic E-state index is 11.5. The molecule has 0 aromatic carbocycles. The first-order chi connectivity index (χ1) is 7.15. The number of rotatable bonds is 5. The minimum absolute atomic E-state index is 0.0131. The first kappa shape index (κ1) is 12.1. The zero-order valence-electron chi connectivity index (χ0n) is 9.12. The predicted molar refractivity (Wildman–Crippen MR) is 61.9 cm³/mol. The number of amides is 1. The molecular weight excluding hydrogens is 210 g/mol. The van der Waals surface area contributed by atoms with Crippen molar-refractivity contribution in [1.29, 1.82) is 0 Å². The molecule has 1 amide bonds. The average molecular weight is 227 g/mol. The second-order valence-corrected chi connectivity index (χ2v) is 4.41. The van der Waals surface area contributed by atoms with Crippen molar-refractivity contribution in [2.45, 2.75) is 32.7 Å². The maximum Gasteiger partial charge on any atom is 0.226 e. The molecule has 3 N–H and O–H groups in total. The fourth-order valence-corrected chi connectivity index (χ4v) is 1.89. The lowest BCUT2D eigenvalue weighted by molar-refractivity contribution is -0.121. The van der Waals surface area contributed by atoms with Crippen LogP contribution in [0.25, 0.3) is 0 Å². The Morgan fingerprint density at radius 3 is 3.00 bits per heavy atom. The van der Waals surface area contributed by atoms with E-state index in [0.29, 0.717) is 13.0 Å². The highest BCUT2D eigenvalue weighted by molar-refractivity contribution is 7.09. The summed E-state index contributed by atoms with van der Waals surface area (Å²) in [6.07, 6.45) is 1.27. The molecule has 1 aromatic rings. The highest BCUT2D eigenvalue weighted by Crippen LogP contribution is 2.10. The van der Waals surface area contributed by atoms with Crippen LogP contribution in [0.3, 0.4) is 0 Å². The highest BCUT2D eigenvalue weighted by atomic mass is 32.1. The van der Waals surface area contributed by atoms with Crippen LogP contribution in [-0.2, 0) is 17.6 Å². The number of aryl methyl sites for hydroxylation is 1.